The van der Waals surface area contributed by atoms with Crippen LogP contribution in [0.3, 0.4) is 0 Å². The van der Waals surface area contributed by atoms with E-state index in [1.54, 1.807) is 35.1 Å². The fraction of sp³-hybridized carbons (Fsp3) is 0.333. The molecule has 0 aliphatic heterocycles. The lowest BCUT2D eigenvalue weighted by Gasteiger charge is -2.17. The minimum absolute atomic E-state index is 0.123. The molecule has 0 radical (unpaired) electrons. The van der Waals surface area contributed by atoms with Crippen molar-refractivity contribution in [3.63, 3.8) is 0 Å². The van der Waals surface area contributed by atoms with Crippen LogP contribution in [0.1, 0.15) is 23.8 Å². The van der Waals surface area contributed by atoms with Crippen LogP contribution in [0, 0.1) is 5.92 Å². The fourth-order valence-corrected chi connectivity index (χ4v) is 6.30. The van der Waals surface area contributed by atoms with Gasteiger partial charge in [0.15, 0.2) is 5.16 Å². The molecule has 10 heteroatoms. The number of ether oxygens (including phenoxy) is 1. The quantitative estimate of drug-likeness (QED) is 0.460. The summed E-state index contributed by atoms with van der Waals surface area (Å²) in [5.41, 5.74) is 1.64. The van der Waals surface area contributed by atoms with Crippen molar-refractivity contribution in [1.82, 2.24) is 19.2 Å². The van der Waals surface area contributed by atoms with E-state index in [4.69, 9.17) is 9.84 Å². The predicted molar refractivity (Wildman–Crippen MR) is 120 cm³/mol. The minimum Gasteiger partial charge on any atom is -0.497 e. The number of benzene rings is 1. The molecule has 1 aliphatic rings. The predicted octanol–water partition coefficient (Wildman–Crippen LogP) is 3.41. The first-order valence-corrected chi connectivity index (χ1v) is 11.7. The van der Waals surface area contributed by atoms with Gasteiger partial charge in [0.05, 0.1) is 23.9 Å². The second kappa shape index (κ2) is 7.69. The summed E-state index contributed by atoms with van der Waals surface area (Å²) >= 11 is 2.70. The Kier molecular flexibility index (Phi) is 4.98. The second-order valence-electron chi connectivity index (χ2n) is 7.67. The first-order valence-electron chi connectivity index (χ1n) is 9.91. The molecule has 1 aromatic carbocycles. The highest BCUT2D eigenvalue weighted by atomic mass is 32.2. The SMILES string of the molecule is COc1ccc(-n2c(=O)c3c4c(sc3n3c(SCC(=O)O)nnc23)C[C@H](C)CC4)cc1. The number of aromatic nitrogens is 4. The molecule has 1 atom stereocenters. The third-order valence-corrected chi connectivity index (χ3v) is 7.74. The maximum atomic E-state index is 13.7. The largest absolute Gasteiger partial charge is 0.497 e. The number of thiophene rings is 1. The van der Waals surface area contributed by atoms with Gasteiger partial charge in [-0.2, -0.15) is 0 Å². The van der Waals surface area contributed by atoms with Gasteiger partial charge in [-0.05, 0) is 55.0 Å². The number of nitrogens with zero attached hydrogens (tertiary/aromatic N) is 4. The number of carboxylic acid groups (broad SMARTS) is 1. The number of aryl methyl sites for hydroxylation is 1. The van der Waals surface area contributed by atoms with Gasteiger partial charge in [-0.3, -0.25) is 9.59 Å². The van der Waals surface area contributed by atoms with Crippen LogP contribution in [-0.2, 0) is 17.6 Å². The molecule has 0 unspecified atom stereocenters. The Bertz CT molecular complexity index is 1370. The Morgan fingerprint density at radius 3 is 2.81 bits per heavy atom. The number of hydrogen-bond donors (Lipinski definition) is 1. The molecule has 3 aromatic heterocycles. The van der Waals surface area contributed by atoms with Crippen molar-refractivity contribution in [2.45, 2.75) is 31.3 Å². The van der Waals surface area contributed by atoms with Crippen LogP contribution in [0.4, 0.5) is 0 Å². The molecule has 0 bridgehead atoms. The zero-order valence-electron chi connectivity index (χ0n) is 17.0. The van der Waals surface area contributed by atoms with E-state index < -0.39 is 5.97 Å². The lowest BCUT2D eigenvalue weighted by atomic mass is 9.89. The minimum atomic E-state index is -0.930. The topological polar surface area (TPSA) is 98.7 Å². The maximum Gasteiger partial charge on any atom is 0.313 e. The zero-order chi connectivity index (χ0) is 21.7. The van der Waals surface area contributed by atoms with Gasteiger partial charge < -0.3 is 9.84 Å². The van der Waals surface area contributed by atoms with E-state index in [0.717, 1.165) is 41.4 Å². The van der Waals surface area contributed by atoms with Gasteiger partial charge in [0.25, 0.3) is 5.56 Å². The average Bonchev–Trinajstić information content (AvgIpc) is 3.33. The number of thioether (sulfide) groups is 1. The van der Waals surface area contributed by atoms with E-state index in [2.05, 4.69) is 17.1 Å². The maximum absolute atomic E-state index is 13.7. The van der Waals surface area contributed by atoms with E-state index in [1.165, 1.54) is 4.88 Å². The summed E-state index contributed by atoms with van der Waals surface area (Å²) in [6, 6.07) is 7.21. The molecule has 0 spiro atoms. The monoisotopic (exact) mass is 456 g/mol. The zero-order valence-corrected chi connectivity index (χ0v) is 18.6. The molecule has 5 rings (SSSR count). The molecule has 31 heavy (non-hydrogen) atoms. The van der Waals surface area contributed by atoms with E-state index in [0.29, 0.717) is 33.7 Å². The molecule has 1 aliphatic carbocycles. The summed E-state index contributed by atoms with van der Waals surface area (Å²) in [5.74, 6) is 0.575. The average molecular weight is 457 g/mol. The van der Waals surface area contributed by atoms with Crippen LogP contribution in [-0.4, -0.2) is 43.1 Å². The van der Waals surface area contributed by atoms with Gasteiger partial charge in [0.1, 0.15) is 10.6 Å². The van der Waals surface area contributed by atoms with Gasteiger partial charge in [0, 0.05) is 4.88 Å². The third kappa shape index (κ3) is 3.30. The van der Waals surface area contributed by atoms with E-state index >= 15 is 0 Å². The number of hydrogen-bond acceptors (Lipinski definition) is 7. The molecule has 0 fully saturated rings. The number of methoxy groups -OCH3 is 1. The van der Waals surface area contributed by atoms with Crippen molar-refractivity contribution in [2.75, 3.05) is 12.9 Å². The first kappa shape index (κ1) is 20.1. The number of rotatable bonds is 5. The smallest absolute Gasteiger partial charge is 0.313 e. The van der Waals surface area contributed by atoms with Crippen LogP contribution in [0.15, 0.2) is 34.2 Å². The van der Waals surface area contributed by atoms with Gasteiger partial charge >= 0.3 is 5.97 Å². The molecular formula is C21H20N4O4S2. The van der Waals surface area contributed by atoms with Crippen molar-refractivity contribution in [3.8, 4) is 11.4 Å². The van der Waals surface area contributed by atoms with Crippen LogP contribution in [0.2, 0.25) is 0 Å². The van der Waals surface area contributed by atoms with Crippen molar-refractivity contribution in [3.05, 3.63) is 45.1 Å². The molecule has 1 N–H and O–H groups in total. The van der Waals surface area contributed by atoms with Crippen molar-refractivity contribution >= 4 is 45.1 Å². The Morgan fingerprint density at radius 2 is 2.10 bits per heavy atom. The Labute approximate surface area is 185 Å². The van der Waals surface area contributed by atoms with Crippen LogP contribution < -0.4 is 10.3 Å². The van der Waals surface area contributed by atoms with Gasteiger partial charge in [-0.15, -0.1) is 21.5 Å². The lowest BCUT2D eigenvalue weighted by molar-refractivity contribution is -0.133. The molecule has 8 nitrogen and oxygen atoms in total. The van der Waals surface area contributed by atoms with Gasteiger partial charge in [-0.25, -0.2) is 8.97 Å². The molecule has 3 heterocycles. The third-order valence-electron chi connectivity index (χ3n) is 5.58. The molecule has 4 aromatic rings. The highest BCUT2D eigenvalue weighted by molar-refractivity contribution is 7.99. The summed E-state index contributed by atoms with van der Waals surface area (Å²) in [4.78, 5) is 26.9. The highest BCUT2D eigenvalue weighted by Gasteiger charge is 2.27. The van der Waals surface area contributed by atoms with Crippen LogP contribution in [0.25, 0.3) is 21.7 Å². The molecular weight excluding hydrogens is 436 g/mol. The standard InChI is InChI=1S/C21H20N4O4S2/c1-11-3-8-14-15(9-11)31-19-17(14)18(28)24(12-4-6-13(29-2)7-5-12)20-22-23-21(25(19)20)30-10-16(26)27/h4-7,11H,3,8-10H2,1-2H3,(H,26,27)/t11-/m1/s1. The van der Waals surface area contributed by atoms with Crippen molar-refractivity contribution in [2.24, 2.45) is 5.92 Å². The van der Waals surface area contributed by atoms with E-state index in [9.17, 15) is 9.59 Å². The lowest BCUT2D eigenvalue weighted by Crippen LogP contribution is -2.22. The summed E-state index contributed by atoms with van der Waals surface area (Å²) in [6.45, 7) is 2.23. The normalized spacial score (nSPS) is 16.0. The molecule has 0 saturated carbocycles. The Hall–Kier alpha value is -2.85. The Morgan fingerprint density at radius 1 is 1.32 bits per heavy atom. The molecule has 0 saturated heterocycles. The van der Waals surface area contributed by atoms with Crippen LogP contribution in [0.5, 0.6) is 5.75 Å². The molecule has 160 valence electrons. The van der Waals surface area contributed by atoms with Gasteiger partial charge in [-0.1, -0.05) is 18.7 Å². The second-order valence-corrected chi connectivity index (χ2v) is 9.70. The highest BCUT2D eigenvalue weighted by Crippen LogP contribution is 2.38. The first-order chi connectivity index (χ1) is 15.0. The fourth-order valence-electron chi connectivity index (χ4n) is 4.09. The summed E-state index contributed by atoms with van der Waals surface area (Å²) in [7, 11) is 1.59. The summed E-state index contributed by atoms with van der Waals surface area (Å²) in [6.07, 6.45) is 2.85. The number of fused-ring (bicyclic) bond motifs is 5. The van der Waals surface area contributed by atoms with Crippen molar-refractivity contribution in [1.29, 1.82) is 0 Å². The van der Waals surface area contributed by atoms with E-state index in [1.807, 2.05) is 16.5 Å². The van der Waals surface area contributed by atoms with Crippen molar-refractivity contribution < 1.29 is 14.6 Å². The Balaban J connectivity index is 1.84. The summed E-state index contributed by atoms with van der Waals surface area (Å²) < 4.78 is 8.64. The van der Waals surface area contributed by atoms with E-state index in [-0.39, 0.29) is 11.3 Å². The summed E-state index contributed by atoms with van der Waals surface area (Å²) in [5, 5.41) is 18.8. The van der Waals surface area contributed by atoms with Gasteiger partial charge in [0.2, 0.25) is 5.78 Å². The van der Waals surface area contributed by atoms with Crippen LogP contribution >= 0.6 is 23.1 Å². The number of carboxylic acids is 1. The number of aliphatic carboxylic acids is 1. The molecule has 0 amide bonds. The number of carbonyl (C=O) groups is 1.